The average molecular weight is 390 g/mol. The molecule has 0 aliphatic carbocycles. The van der Waals surface area contributed by atoms with Crippen molar-refractivity contribution in [1.82, 2.24) is 19.4 Å². The van der Waals surface area contributed by atoms with Gasteiger partial charge in [-0.1, -0.05) is 24.8 Å². The SMILES string of the molecule is CC[C@@H]1CSC2=N[C@@H](c3ccccn3)[C@@H](c3cccn3Cc3ccncc3)N21. The highest BCUT2D eigenvalue weighted by atomic mass is 32.2. The Bertz CT molecular complexity index is 969. The average Bonchev–Trinajstić information content (AvgIpc) is 3.44. The molecule has 5 heterocycles. The molecule has 3 aromatic heterocycles. The third-order valence-electron chi connectivity index (χ3n) is 5.60. The van der Waals surface area contributed by atoms with E-state index in [2.05, 4.69) is 69.0 Å². The zero-order chi connectivity index (χ0) is 18.9. The molecule has 1 saturated heterocycles. The van der Waals surface area contributed by atoms with Crippen molar-refractivity contribution in [2.75, 3.05) is 5.75 Å². The van der Waals surface area contributed by atoms with Gasteiger partial charge >= 0.3 is 0 Å². The first-order valence-corrected chi connectivity index (χ1v) is 10.8. The number of hydrogen-bond donors (Lipinski definition) is 0. The first kappa shape index (κ1) is 17.5. The van der Waals surface area contributed by atoms with Crippen LogP contribution in [0.4, 0.5) is 0 Å². The summed E-state index contributed by atoms with van der Waals surface area (Å²) in [6.07, 6.45) is 8.89. The molecule has 0 spiro atoms. The molecular formula is C22H23N5S. The number of aliphatic imine (C=N–C) groups is 1. The molecular weight excluding hydrogens is 366 g/mol. The molecule has 5 rings (SSSR count). The lowest BCUT2D eigenvalue weighted by Crippen LogP contribution is -2.36. The number of amidine groups is 1. The predicted octanol–water partition coefficient (Wildman–Crippen LogP) is 4.31. The van der Waals surface area contributed by atoms with Crippen LogP contribution in [0, 0.1) is 0 Å². The van der Waals surface area contributed by atoms with Gasteiger partial charge in [-0.2, -0.15) is 0 Å². The van der Waals surface area contributed by atoms with E-state index in [4.69, 9.17) is 4.99 Å². The Balaban J connectivity index is 1.55. The molecule has 0 saturated carbocycles. The normalized spacial score (nSPS) is 23.7. The predicted molar refractivity (Wildman–Crippen MR) is 113 cm³/mol. The monoisotopic (exact) mass is 389 g/mol. The number of rotatable bonds is 5. The zero-order valence-electron chi connectivity index (χ0n) is 15.8. The quantitative estimate of drug-likeness (QED) is 0.652. The van der Waals surface area contributed by atoms with Gasteiger partial charge in [0, 0.05) is 48.8 Å². The summed E-state index contributed by atoms with van der Waals surface area (Å²) in [6, 6.07) is 15.4. The van der Waals surface area contributed by atoms with Gasteiger partial charge in [0.25, 0.3) is 0 Å². The second kappa shape index (κ2) is 7.43. The topological polar surface area (TPSA) is 46.3 Å². The lowest BCUT2D eigenvalue weighted by Gasteiger charge is -2.32. The smallest absolute Gasteiger partial charge is 0.160 e. The third-order valence-corrected chi connectivity index (χ3v) is 6.73. The van der Waals surface area contributed by atoms with Gasteiger partial charge in [0.15, 0.2) is 5.17 Å². The number of thioether (sulfide) groups is 1. The van der Waals surface area contributed by atoms with Crippen LogP contribution in [-0.4, -0.2) is 36.4 Å². The lowest BCUT2D eigenvalue weighted by molar-refractivity contribution is 0.246. The Labute approximate surface area is 169 Å². The molecule has 3 aromatic rings. The van der Waals surface area contributed by atoms with E-state index in [1.165, 1.54) is 16.4 Å². The highest BCUT2D eigenvalue weighted by Crippen LogP contribution is 2.48. The first-order valence-electron chi connectivity index (χ1n) is 9.79. The maximum absolute atomic E-state index is 5.12. The molecule has 142 valence electrons. The summed E-state index contributed by atoms with van der Waals surface area (Å²) in [7, 11) is 0. The Morgan fingerprint density at radius 3 is 2.75 bits per heavy atom. The van der Waals surface area contributed by atoms with Gasteiger partial charge in [-0.3, -0.25) is 15.0 Å². The summed E-state index contributed by atoms with van der Waals surface area (Å²) < 4.78 is 2.35. The van der Waals surface area contributed by atoms with Crippen molar-refractivity contribution in [3.8, 4) is 0 Å². The van der Waals surface area contributed by atoms with E-state index in [0.29, 0.717) is 6.04 Å². The molecule has 0 amide bonds. The van der Waals surface area contributed by atoms with Gasteiger partial charge in [-0.05, 0) is 48.4 Å². The third kappa shape index (κ3) is 3.02. The molecule has 2 aliphatic heterocycles. The largest absolute Gasteiger partial charge is 0.345 e. The molecule has 2 aliphatic rings. The van der Waals surface area contributed by atoms with Gasteiger partial charge in [0.05, 0.1) is 11.7 Å². The minimum Gasteiger partial charge on any atom is -0.345 e. The van der Waals surface area contributed by atoms with Crippen LogP contribution in [0.25, 0.3) is 0 Å². The summed E-state index contributed by atoms with van der Waals surface area (Å²) in [5.74, 6) is 1.12. The van der Waals surface area contributed by atoms with E-state index in [-0.39, 0.29) is 12.1 Å². The van der Waals surface area contributed by atoms with Crippen molar-refractivity contribution >= 4 is 16.9 Å². The fraction of sp³-hybridized carbons (Fsp3) is 0.318. The number of pyridine rings is 2. The molecule has 0 aromatic carbocycles. The van der Waals surface area contributed by atoms with Crippen LogP contribution in [-0.2, 0) is 6.54 Å². The summed E-state index contributed by atoms with van der Waals surface area (Å²) in [4.78, 5) is 16.5. The summed E-state index contributed by atoms with van der Waals surface area (Å²) in [5, 5.41) is 1.17. The second-order valence-electron chi connectivity index (χ2n) is 7.25. The number of fused-ring (bicyclic) bond motifs is 1. The van der Waals surface area contributed by atoms with Crippen LogP contribution in [0.1, 0.15) is 42.4 Å². The highest BCUT2D eigenvalue weighted by molar-refractivity contribution is 8.14. The summed E-state index contributed by atoms with van der Waals surface area (Å²) in [5.41, 5.74) is 3.59. The van der Waals surface area contributed by atoms with Crippen molar-refractivity contribution in [1.29, 1.82) is 0 Å². The number of hydrogen-bond acceptors (Lipinski definition) is 5. The second-order valence-corrected chi connectivity index (χ2v) is 8.24. The Morgan fingerprint density at radius 2 is 1.96 bits per heavy atom. The standard InChI is InChI=1S/C22H23N5S/c1-2-17-15-28-22-25-20(18-6-3-4-10-24-18)21(27(17)22)19-7-5-13-26(19)14-16-8-11-23-12-9-16/h3-13,17,20-21H,2,14-15H2,1H3/t17-,20+,21-/m1/s1. The van der Waals surface area contributed by atoms with E-state index in [0.717, 1.165) is 24.4 Å². The van der Waals surface area contributed by atoms with E-state index < -0.39 is 0 Å². The van der Waals surface area contributed by atoms with Gasteiger partial charge in [0.2, 0.25) is 0 Å². The van der Waals surface area contributed by atoms with Crippen LogP contribution in [0.5, 0.6) is 0 Å². The van der Waals surface area contributed by atoms with Crippen LogP contribution in [0.15, 0.2) is 72.2 Å². The molecule has 1 fully saturated rings. The minimum atomic E-state index is 0.0316. The van der Waals surface area contributed by atoms with Crippen molar-refractivity contribution in [3.05, 3.63) is 84.2 Å². The molecule has 0 radical (unpaired) electrons. The molecule has 0 bridgehead atoms. The van der Waals surface area contributed by atoms with Gasteiger partial charge in [-0.25, -0.2) is 0 Å². The van der Waals surface area contributed by atoms with E-state index in [1.54, 1.807) is 0 Å². The molecule has 0 N–H and O–H groups in total. The van der Waals surface area contributed by atoms with E-state index in [9.17, 15) is 0 Å². The Morgan fingerprint density at radius 1 is 1.07 bits per heavy atom. The van der Waals surface area contributed by atoms with Crippen molar-refractivity contribution in [2.45, 2.75) is 38.0 Å². The highest BCUT2D eigenvalue weighted by Gasteiger charge is 2.46. The molecule has 5 nitrogen and oxygen atoms in total. The van der Waals surface area contributed by atoms with Crippen LogP contribution in [0.2, 0.25) is 0 Å². The fourth-order valence-corrected chi connectivity index (χ4v) is 5.53. The van der Waals surface area contributed by atoms with Gasteiger partial charge < -0.3 is 9.47 Å². The molecule has 28 heavy (non-hydrogen) atoms. The van der Waals surface area contributed by atoms with Gasteiger partial charge in [0.1, 0.15) is 6.04 Å². The van der Waals surface area contributed by atoms with E-state index in [1.807, 2.05) is 36.4 Å². The Hall–Kier alpha value is -2.60. The van der Waals surface area contributed by atoms with Crippen molar-refractivity contribution in [2.24, 2.45) is 4.99 Å². The first-order chi connectivity index (χ1) is 13.8. The van der Waals surface area contributed by atoms with Crippen molar-refractivity contribution < 1.29 is 0 Å². The van der Waals surface area contributed by atoms with Crippen LogP contribution in [0.3, 0.4) is 0 Å². The van der Waals surface area contributed by atoms with Crippen molar-refractivity contribution in [3.63, 3.8) is 0 Å². The zero-order valence-corrected chi connectivity index (χ0v) is 16.7. The molecule has 0 unspecified atom stereocenters. The Kier molecular flexibility index (Phi) is 4.64. The number of aromatic nitrogens is 3. The molecule has 3 atom stereocenters. The van der Waals surface area contributed by atoms with Crippen LogP contribution >= 0.6 is 11.8 Å². The van der Waals surface area contributed by atoms with Gasteiger partial charge in [-0.15, -0.1) is 0 Å². The summed E-state index contributed by atoms with van der Waals surface area (Å²) >= 11 is 1.89. The minimum absolute atomic E-state index is 0.0316. The fourth-order valence-electron chi connectivity index (χ4n) is 4.20. The van der Waals surface area contributed by atoms with Crippen LogP contribution < -0.4 is 0 Å². The lowest BCUT2D eigenvalue weighted by atomic mass is 9.99. The van der Waals surface area contributed by atoms with E-state index >= 15 is 0 Å². The maximum Gasteiger partial charge on any atom is 0.160 e. The summed E-state index contributed by atoms with van der Waals surface area (Å²) in [6.45, 7) is 3.11. The number of nitrogens with zero attached hydrogens (tertiary/aromatic N) is 5. The maximum atomic E-state index is 5.12. The molecule has 6 heteroatoms.